The molecule has 0 unspecified atom stereocenters. The third-order valence-electron chi connectivity index (χ3n) is 4.42. The standard InChI is InChI=1S/C16H26ClN3/c1-5-6-14-18-13(17)11-15(19-14)20(4)12-7-9-16(2,3)10-8-12/h11-12H,5-10H2,1-4H3. The van der Waals surface area contributed by atoms with Gasteiger partial charge in [-0.05, 0) is 37.5 Å². The average molecular weight is 296 g/mol. The van der Waals surface area contributed by atoms with Gasteiger partial charge in [0.15, 0.2) is 0 Å². The van der Waals surface area contributed by atoms with E-state index in [2.05, 4.69) is 42.7 Å². The molecule has 3 nitrogen and oxygen atoms in total. The van der Waals surface area contributed by atoms with Crippen LogP contribution in [0.5, 0.6) is 0 Å². The van der Waals surface area contributed by atoms with Crippen LogP contribution in [0.4, 0.5) is 5.82 Å². The second-order valence-electron chi connectivity index (χ2n) is 6.72. The SMILES string of the molecule is CCCc1nc(Cl)cc(N(C)C2CCC(C)(C)CC2)n1. The van der Waals surface area contributed by atoms with E-state index in [-0.39, 0.29) is 0 Å². The fourth-order valence-electron chi connectivity index (χ4n) is 2.93. The largest absolute Gasteiger partial charge is 0.357 e. The maximum atomic E-state index is 6.14. The van der Waals surface area contributed by atoms with Crippen molar-refractivity contribution in [2.75, 3.05) is 11.9 Å². The van der Waals surface area contributed by atoms with Gasteiger partial charge in [0.05, 0.1) is 0 Å². The van der Waals surface area contributed by atoms with Crippen LogP contribution in [0.25, 0.3) is 0 Å². The van der Waals surface area contributed by atoms with Crippen molar-refractivity contribution in [2.24, 2.45) is 5.41 Å². The van der Waals surface area contributed by atoms with E-state index in [1.54, 1.807) is 0 Å². The molecule has 1 saturated carbocycles. The van der Waals surface area contributed by atoms with Gasteiger partial charge in [-0.15, -0.1) is 0 Å². The molecule has 1 aromatic rings. The molecule has 1 aliphatic rings. The predicted molar refractivity (Wildman–Crippen MR) is 85.5 cm³/mol. The van der Waals surface area contributed by atoms with Gasteiger partial charge in [-0.2, -0.15) is 0 Å². The van der Waals surface area contributed by atoms with Gasteiger partial charge in [0.1, 0.15) is 16.8 Å². The van der Waals surface area contributed by atoms with Crippen LogP contribution in [-0.4, -0.2) is 23.1 Å². The molecule has 0 saturated heterocycles. The van der Waals surface area contributed by atoms with Crippen LogP contribution < -0.4 is 4.90 Å². The minimum absolute atomic E-state index is 0.494. The zero-order chi connectivity index (χ0) is 14.8. The molecule has 0 amide bonds. The molecule has 1 aliphatic carbocycles. The molecule has 2 rings (SSSR count). The van der Waals surface area contributed by atoms with E-state index in [0.29, 0.717) is 16.6 Å². The third-order valence-corrected chi connectivity index (χ3v) is 4.61. The maximum Gasteiger partial charge on any atom is 0.134 e. The lowest BCUT2D eigenvalue weighted by Gasteiger charge is -2.39. The second-order valence-corrected chi connectivity index (χ2v) is 7.11. The normalized spacial score (nSPS) is 19.1. The van der Waals surface area contributed by atoms with Gasteiger partial charge in [0.2, 0.25) is 0 Å². The van der Waals surface area contributed by atoms with Crippen LogP contribution in [0.15, 0.2) is 6.07 Å². The van der Waals surface area contributed by atoms with E-state index in [1.807, 2.05) is 6.07 Å². The fraction of sp³-hybridized carbons (Fsp3) is 0.750. The van der Waals surface area contributed by atoms with Gasteiger partial charge in [-0.1, -0.05) is 32.4 Å². The molecule has 0 N–H and O–H groups in total. The summed E-state index contributed by atoms with van der Waals surface area (Å²) in [6, 6.07) is 2.46. The summed E-state index contributed by atoms with van der Waals surface area (Å²) >= 11 is 6.14. The molecule has 0 bridgehead atoms. The molecule has 0 atom stereocenters. The molecule has 20 heavy (non-hydrogen) atoms. The number of aromatic nitrogens is 2. The molecule has 1 fully saturated rings. The summed E-state index contributed by atoms with van der Waals surface area (Å²) in [5.74, 6) is 1.83. The van der Waals surface area contributed by atoms with Crippen molar-refractivity contribution in [1.82, 2.24) is 9.97 Å². The van der Waals surface area contributed by atoms with Crippen molar-refractivity contribution in [3.05, 3.63) is 17.0 Å². The van der Waals surface area contributed by atoms with E-state index < -0.39 is 0 Å². The Morgan fingerprint density at radius 2 is 1.95 bits per heavy atom. The highest BCUT2D eigenvalue weighted by atomic mass is 35.5. The summed E-state index contributed by atoms with van der Waals surface area (Å²) in [6.07, 6.45) is 6.95. The van der Waals surface area contributed by atoms with Crippen LogP contribution in [0.3, 0.4) is 0 Å². The van der Waals surface area contributed by atoms with Gasteiger partial charge in [0.25, 0.3) is 0 Å². The number of aryl methyl sites for hydroxylation is 1. The third kappa shape index (κ3) is 3.85. The van der Waals surface area contributed by atoms with Gasteiger partial charge < -0.3 is 4.90 Å². The van der Waals surface area contributed by atoms with Gasteiger partial charge in [-0.3, -0.25) is 0 Å². The Kier molecular flexibility index (Phi) is 4.90. The molecule has 0 spiro atoms. The number of hydrogen-bond acceptors (Lipinski definition) is 3. The zero-order valence-corrected chi connectivity index (χ0v) is 13.9. The molecule has 0 radical (unpaired) electrons. The lowest BCUT2D eigenvalue weighted by molar-refractivity contribution is 0.222. The Labute approximate surface area is 127 Å². The molecule has 4 heteroatoms. The highest BCUT2D eigenvalue weighted by molar-refractivity contribution is 6.29. The van der Waals surface area contributed by atoms with E-state index in [9.17, 15) is 0 Å². The minimum Gasteiger partial charge on any atom is -0.357 e. The van der Waals surface area contributed by atoms with Crippen LogP contribution in [0, 0.1) is 5.41 Å². The van der Waals surface area contributed by atoms with Crippen LogP contribution >= 0.6 is 11.6 Å². The van der Waals surface area contributed by atoms with E-state index >= 15 is 0 Å². The number of nitrogens with zero attached hydrogens (tertiary/aromatic N) is 3. The van der Waals surface area contributed by atoms with Crippen LogP contribution in [0.2, 0.25) is 5.15 Å². The molecular formula is C16H26ClN3. The lowest BCUT2D eigenvalue weighted by Crippen LogP contribution is -2.37. The summed E-state index contributed by atoms with van der Waals surface area (Å²) in [4.78, 5) is 11.3. The van der Waals surface area contributed by atoms with Crippen LogP contribution in [-0.2, 0) is 6.42 Å². The topological polar surface area (TPSA) is 29.0 Å². The first-order valence-electron chi connectivity index (χ1n) is 7.67. The lowest BCUT2D eigenvalue weighted by atomic mass is 9.75. The summed E-state index contributed by atoms with van der Waals surface area (Å²) in [7, 11) is 2.14. The highest BCUT2D eigenvalue weighted by Crippen LogP contribution is 2.37. The molecule has 112 valence electrons. The van der Waals surface area contributed by atoms with Crippen molar-refractivity contribution >= 4 is 17.4 Å². The van der Waals surface area contributed by atoms with E-state index in [4.69, 9.17) is 11.6 Å². The Morgan fingerprint density at radius 3 is 2.55 bits per heavy atom. The number of halogens is 1. The number of anilines is 1. The predicted octanol–water partition coefficient (Wildman–Crippen LogP) is 4.49. The Hall–Kier alpha value is -0.830. The molecule has 1 heterocycles. The Morgan fingerprint density at radius 1 is 1.30 bits per heavy atom. The molecule has 0 aromatic carbocycles. The average Bonchev–Trinajstić information content (AvgIpc) is 2.37. The summed E-state index contributed by atoms with van der Waals surface area (Å²) in [5.41, 5.74) is 0.494. The van der Waals surface area contributed by atoms with Crippen molar-refractivity contribution in [1.29, 1.82) is 0 Å². The van der Waals surface area contributed by atoms with Crippen LogP contribution in [0.1, 0.15) is 58.7 Å². The molecular weight excluding hydrogens is 270 g/mol. The highest BCUT2D eigenvalue weighted by Gasteiger charge is 2.29. The van der Waals surface area contributed by atoms with Gasteiger partial charge in [0, 0.05) is 25.6 Å². The molecule has 1 aromatic heterocycles. The van der Waals surface area contributed by atoms with E-state index in [1.165, 1.54) is 25.7 Å². The first-order valence-corrected chi connectivity index (χ1v) is 8.05. The first kappa shape index (κ1) is 15.6. The quantitative estimate of drug-likeness (QED) is 0.767. The monoisotopic (exact) mass is 295 g/mol. The molecule has 0 aliphatic heterocycles. The van der Waals surface area contributed by atoms with E-state index in [0.717, 1.165) is 24.5 Å². The van der Waals surface area contributed by atoms with Gasteiger partial charge >= 0.3 is 0 Å². The first-order chi connectivity index (χ1) is 9.41. The van der Waals surface area contributed by atoms with Crippen molar-refractivity contribution in [3.63, 3.8) is 0 Å². The zero-order valence-electron chi connectivity index (χ0n) is 13.1. The fourth-order valence-corrected chi connectivity index (χ4v) is 3.12. The summed E-state index contributed by atoms with van der Waals surface area (Å²) in [5, 5.41) is 0.557. The Balaban J connectivity index is 2.11. The van der Waals surface area contributed by atoms with Crippen molar-refractivity contribution in [3.8, 4) is 0 Å². The number of rotatable bonds is 4. The number of hydrogen-bond donors (Lipinski definition) is 0. The minimum atomic E-state index is 0.494. The smallest absolute Gasteiger partial charge is 0.134 e. The van der Waals surface area contributed by atoms with Gasteiger partial charge in [-0.25, -0.2) is 9.97 Å². The second kappa shape index (κ2) is 6.30. The maximum absolute atomic E-state index is 6.14. The van der Waals surface area contributed by atoms with Crippen molar-refractivity contribution < 1.29 is 0 Å². The Bertz CT molecular complexity index is 449. The van der Waals surface area contributed by atoms with Crippen molar-refractivity contribution in [2.45, 2.75) is 65.3 Å². The summed E-state index contributed by atoms with van der Waals surface area (Å²) < 4.78 is 0. The summed E-state index contributed by atoms with van der Waals surface area (Å²) in [6.45, 7) is 6.87.